The van der Waals surface area contributed by atoms with Crippen LogP contribution in [0.4, 0.5) is 0 Å². The second-order valence-electron chi connectivity index (χ2n) is 6.19. The minimum absolute atomic E-state index is 0.139. The van der Waals surface area contributed by atoms with Gasteiger partial charge in [-0.25, -0.2) is 0 Å². The quantitative estimate of drug-likeness (QED) is 0.803. The van der Waals surface area contributed by atoms with E-state index in [-0.39, 0.29) is 18.1 Å². The number of rotatable bonds is 6. The second-order valence-corrected chi connectivity index (χ2v) is 6.19. The third-order valence-electron chi connectivity index (χ3n) is 3.11. The Balaban J connectivity index is 2.53. The van der Waals surface area contributed by atoms with Crippen LogP contribution in [0.15, 0.2) is 30.3 Å². The van der Waals surface area contributed by atoms with Crippen molar-refractivity contribution in [1.82, 2.24) is 5.32 Å². The Kier molecular flexibility index (Phi) is 6.21. The van der Waals surface area contributed by atoms with Crippen molar-refractivity contribution in [2.75, 3.05) is 0 Å². The lowest BCUT2D eigenvalue weighted by Gasteiger charge is -2.24. The molecule has 0 radical (unpaired) electrons. The maximum Gasteiger partial charge on any atom is 0.307 e. The first-order valence-corrected chi connectivity index (χ1v) is 7.34. The average Bonchev–Trinajstić information content (AvgIpc) is 2.36. The molecule has 0 amide bonds. The van der Waals surface area contributed by atoms with Crippen LogP contribution in [-0.2, 0) is 9.53 Å². The first-order valence-electron chi connectivity index (χ1n) is 7.34. The Bertz CT molecular complexity index is 409. The van der Waals surface area contributed by atoms with Crippen LogP contribution in [-0.4, -0.2) is 17.6 Å². The van der Waals surface area contributed by atoms with Crippen LogP contribution in [0, 0.1) is 0 Å². The van der Waals surface area contributed by atoms with Crippen molar-refractivity contribution in [2.24, 2.45) is 0 Å². The van der Waals surface area contributed by atoms with E-state index < -0.39 is 5.60 Å². The van der Waals surface area contributed by atoms with Gasteiger partial charge in [0.2, 0.25) is 0 Å². The summed E-state index contributed by atoms with van der Waals surface area (Å²) in [5.41, 5.74) is 0.815. The molecular weight excluding hydrogens is 250 g/mol. The zero-order chi connectivity index (χ0) is 15.2. The van der Waals surface area contributed by atoms with Crippen LogP contribution < -0.4 is 5.32 Å². The highest BCUT2D eigenvalue weighted by Crippen LogP contribution is 2.15. The van der Waals surface area contributed by atoms with Crippen LogP contribution >= 0.6 is 0 Å². The molecule has 3 heteroatoms. The molecule has 0 aliphatic carbocycles. The summed E-state index contributed by atoms with van der Waals surface area (Å²) >= 11 is 0. The Morgan fingerprint density at radius 2 is 1.85 bits per heavy atom. The molecule has 0 heterocycles. The molecular formula is C17H27NO2. The van der Waals surface area contributed by atoms with Gasteiger partial charge in [0.05, 0.1) is 6.42 Å². The largest absolute Gasteiger partial charge is 0.460 e. The number of esters is 1. The molecule has 112 valence electrons. The molecule has 0 aliphatic heterocycles. The number of ether oxygens (including phenoxy) is 1. The van der Waals surface area contributed by atoms with Gasteiger partial charge in [0.1, 0.15) is 5.60 Å². The molecule has 3 nitrogen and oxygen atoms in total. The van der Waals surface area contributed by atoms with Gasteiger partial charge in [-0.1, -0.05) is 37.3 Å². The molecule has 0 saturated heterocycles. The Labute approximate surface area is 122 Å². The highest BCUT2D eigenvalue weighted by atomic mass is 16.6. The average molecular weight is 277 g/mol. The van der Waals surface area contributed by atoms with E-state index in [0.717, 1.165) is 6.42 Å². The first kappa shape index (κ1) is 16.7. The number of carbonyl (C=O) groups excluding carboxylic acids is 1. The Hall–Kier alpha value is -1.35. The normalized spacial score (nSPS) is 14.7. The predicted molar refractivity (Wildman–Crippen MR) is 82.5 cm³/mol. The third kappa shape index (κ3) is 6.20. The van der Waals surface area contributed by atoms with E-state index in [9.17, 15) is 4.79 Å². The molecule has 0 unspecified atom stereocenters. The van der Waals surface area contributed by atoms with E-state index in [2.05, 4.69) is 31.3 Å². The zero-order valence-electron chi connectivity index (χ0n) is 13.3. The summed E-state index contributed by atoms with van der Waals surface area (Å²) in [4.78, 5) is 11.9. The number of nitrogens with one attached hydrogen (secondary N) is 1. The fourth-order valence-corrected chi connectivity index (χ4v) is 2.10. The van der Waals surface area contributed by atoms with Gasteiger partial charge in [-0.3, -0.25) is 4.79 Å². The van der Waals surface area contributed by atoms with Crippen molar-refractivity contribution >= 4 is 5.97 Å². The molecule has 0 aromatic heterocycles. The van der Waals surface area contributed by atoms with E-state index in [1.165, 1.54) is 5.56 Å². The van der Waals surface area contributed by atoms with Gasteiger partial charge in [-0.15, -0.1) is 0 Å². The maximum atomic E-state index is 11.9. The minimum Gasteiger partial charge on any atom is -0.460 e. The van der Waals surface area contributed by atoms with Crippen molar-refractivity contribution in [1.29, 1.82) is 0 Å². The van der Waals surface area contributed by atoms with Crippen molar-refractivity contribution in [3.8, 4) is 0 Å². The third-order valence-corrected chi connectivity index (χ3v) is 3.11. The van der Waals surface area contributed by atoms with Crippen LogP contribution in [0.1, 0.15) is 59.1 Å². The molecule has 1 rings (SSSR count). The van der Waals surface area contributed by atoms with Gasteiger partial charge in [-0.2, -0.15) is 0 Å². The highest BCUT2D eigenvalue weighted by Gasteiger charge is 2.20. The molecule has 0 fully saturated rings. The second kappa shape index (κ2) is 7.44. The summed E-state index contributed by atoms with van der Waals surface area (Å²) in [5.74, 6) is -0.142. The molecule has 1 aromatic carbocycles. The number of benzene rings is 1. The molecule has 0 saturated carbocycles. The Morgan fingerprint density at radius 1 is 1.25 bits per heavy atom. The van der Waals surface area contributed by atoms with Gasteiger partial charge < -0.3 is 10.1 Å². The van der Waals surface area contributed by atoms with E-state index in [0.29, 0.717) is 6.42 Å². The van der Waals surface area contributed by atoms with Gasteiger partial charge >= 0.3 is 5.97 Å². The van der Waals surface area contributed by atoms with E-state index >= 15 is 0 Å². The summed E-state index contributed by atoms with van der Waals surface area (Å²) in [7, 11) is 0. The number of hydrogen-bond acceptors (Lipinski definition) is 3. The summed E-state index contributed by atoms with van der Waals surface area (Å²) in [6.07, 6.45) is 1.31. The van der Waals surface area contributed by atoms with Gasteiger partial charge in [0.25, 0.3) is 0 Å². The van der Waals surface area contributed by atoms with Crippen molar-refractivity contribution in [3.63, 3.8) is 0 Å². The summed E-state index contributed by atoms with van der Waals surface area (Å²) in [5, 5.41) is 3.50. The molecule has 20 heavy (non-hydrogen) atoms. The van der Waals surface area contributed by atoms with Gasteiger partial charge in [-0.05, 0) is 39.7 Å². The van der Waals surface area contributed by atoms with Crippen molar-refractivity contribution in [3.05, 3.63) is 35.9 Å². The smallest absolute Gasteiger partial charge is 0.307 e. The fourth-order valence-electron chi connectivity index (χ4n) is 2.10. The monoisotopic (exact) mass is 277 g/mol. The van der Waals surface area contributed by atoms with Crippen molar-refractivity contribution in [2.45, 2.75) is 65.1 Å². The molecule has 1 aromatic rings. The number of carbonyl (C=O) groups is 1. The molecule has 0 aliphatic rings. The molecule has 1 N–H and O–H groups in total. The van der Waals surface area contributed by atoms with Crippen molar-refractivity contribution < 1.29 is 9.53 Å². The predicted octanol–water partition coefficient (Wildman–Crippen LogP) is 3.85. The van der Waals surface area contributed by atoms with Gasteiger partial charge in [0, 0.05) is 12.1 Å². The number of hydrogen-bond donors (Lipinski definition) is 1. The lowest BCUT2D eigenvalue weighted by molar-refractivity contribution is -0.155. The minimum atomic E-state index is -0.416. The standard InChI is InChI=1S/C17H27NO2/c1-6-15(12-16(19)20-17(3,4)5)18-13(2)14-10-8-7-9-11-14/h7-11,13,15,18H,6,12H2,1-5H3/t13-,15-/m0/s1. The van der Waals surface area contributed by atoms with Crippen LogP contribution in [0.5, 0.6) is 0 Å². The van der Waals surface area contributed by atoms with Gasteiger partial charge in [0.15, 0.2) is 0 Å². The maximum absolute atomic E-state index is 11.9. The lowest BCUT2D eigenvalue weighted by Crippen LogP contribution is -2.35. The Morgan fingerprint density at radius 3 is 2.35 bits per heavy atom. The fraction of sp³-hybridized carbons (Fsp3) is 0.588. The summed E-state index contributed by atoms with van der Waals surface area (Å²) in [6, 6.07) is 10.6. The van der Waals surface area contributed by atoms with E-state index in [1.807, 2.05) is 39.0 Å². The zero-order valence-corrected chi connectivity index (χ0v) is 13.3. The lowest BCUT2D eigenvalue weighted by atomic mass is 10.1. The van der Waals surface area contributed by atoms with E-state index in [1.54, 1.807) is 0 Å². The summed E-state index contributed by atoms with van der Waals surface area (Å²) < 4.78 is 5.38. The molecule has 0 spiro atoms. The van der Waals surface area contributed by atoms with Crippen LogP contribution in [0.3, 0.4) is 0 Å². The van der Waals surface area contributed by atoms with E-state index in [4.69, 9.17) is 4.74 Å². The topological polar surface area (TPSA) is 38.3 Å². The molecule has 0 bridgehead atoms. The SMILES string of the molecule is CC[C@@H](CC(=O)OC(C)(C)C)N[C@@H](C)c1ccccc1. The van der Waals surface area contributed by atoms with Crippen LogP contribution in [0.25, 0.3) is 0 Å². The molecule has 2 atom stereocenters. The van der Waals surface area contributed by atoms with Crippen LogP contribution in [0.2, 0.25) is 0 Å². The highest BCUT2D eigenvalue weighted by molar-refractivity contribution is 5.70. The summed E-state index contributed by atoms with van der Waals surface area (Å²) in [6.45, 7) is 9.89. The first-order chi connectivity index (χ1) is 9.31.